The number of hydrogen-bond acceptors (Lipinski definition) is 6. The number of ether oxygens (including phenoxy) is 1. The summed E-state index contributed by atoms with van der Waals surface area (Å²) in [5.41, 5.74) is 0.938. The van der Waals surface area contributed by atoms with E-state index in [1.807, 2.05) is 22.5 Å². The van der Waals surface area contributed by atoms with Gasteiger partial charge in [-0.15, -0.1) is 0 Å². The van der Waals surface area contributed by atoms with Crippen LogP contribution in [0.2, 0.25) is 5.15 Å². The van der Waals surface area contributed by atoms with E-state index >= 15 is 0 Å². The van der Waals surface area contributed by atoms with Crippen molar-refractivity contribution in [2.75, 3.05) is 37.7 Å². The lowest BCUT2D eigenvalue weighted by atomic mass is 10.4. The Morgan fingerprint density at radius 1 is 1.47 bits per heavy atom. The molecule has 1 fully saturated rings. The molecule has 1 aliphatic heterocycles. The Morgan fingerprint density at radius 2 is 2.24 bits per heavy atom. The molecule has 0 atom stereocenters. The van der Waals surface area contributed by atoms with Gasteiger partial charge in [0.05, 0.1) is 25.1 Å². The summed E-state index contributed by atoms with van der Waals surface area (Å²) >= 11 is 6.99. The minimum Gasteiger partial charge on any atom is -0.379 e. The van der Waals surface area contributed by atoms with Crippen molar-refractivity contribution in [2.45, 2.75) is 0 Å². The van der Waals surface area contributed by atoms with Crippen molar-refractivity contribution in [3.63, 3.8) is 0 Å². The van der Waals surface area contributed by atoms with Crippen LogP contribution < -0.4 is 4.31 Å². The van der Waals surface area contributed by atoms with Gasteiger partial charge in [0.1, 0.15) is 17.4 Å². The average molecular weight is 276 g/mol. The third kappa shape index (κ3) is 4.01. The van der Waals surface area contributed by atoms with Gasteiger partial charge in [-0.25, -0.2) is 9.27 Å². The molecule has 17 heavy (non-hydrogen) atoms. The van der Waals surface area contributed by atoms with Gasteiger partial charge in [-0.2, -0.15) is 5.06 Å². The summed E-state index contributed by atoms with van der Waals surface area (Å²) in [6.45, 7) is 3.01. The first-order valence-electron chi connectivity index (χ1n) is 5.28. The largest absolute Gasteiger partial charge is 0.379 e. The van der Waals surface area contributed by atoms with E-state index in [1.165, 1.54) is 12.2 Å². The summed E-state index contributed by atoms with van der Waals surface area (Å²) in [6.07, 6.45) is 1.71. The van der Waals surface area contributed by atoms with Gasteiger partial charge in [0, 0.05) is 20.1 Å². The Labute approximate surface area is 110 Å². The highest BCUT2D eigenvalue weighted by Gasteiger charge is 2.13. The molecule has 0 N–H and O–H groups in total. The lowest BCUT2D eigenvalue weighted by Gasteiger charge is -2.26. The van der Waals surface area contributed by atoms with Gasteiger partial charge < -0.3 is 4.74 Å². The van der Waals surface area contributed by atoms with Crippen LogP contribution in [0.5, 0.6) is 0 Å². The van der Waals surface area contributed by atoms with Gasteiger partial charge in [0.15, 0.2) is 0 Å². The van der Waals surface area contributed by atoms with Gasteiger partial charge >= 0.3 is 0 Å². The lowest BCUT2D eigenvalue weighted by molar-refractivity contribution is -0.105. The topological polar surface area (TPSA) is 37.8 Å². The quantitative estimate of drug-likeness (QED) is 0.475. The second-order valence-electron chi connectivity index (χ2n) is 3.53. The Balaban J connectivity index is 1.80. The number of morpholine rings is 1. The molecule has 0 radical (unpaired) electrons. The molecule has 1 aliphatic rings. The maximum absolute atomic E-state index is 5.73. The van der Waals surface area contributed by atoms with Gasteiger partial charge in [0.25, 0.3) is 0 Å². The van der Waals surface area contributed by atoms with Gasteiger partial charge in [0.2, 0.25) is 0 Å². The van der Waals surface area contributed by atoms with Crippen molar-refractivity contribution in [3.8, 4) is 0 Å². The molecule has 0 aromatic carbocycles. The zero-order valence-electron chi connectivity index (χ0n) is 9.50. The van der Waals surface area contributed by atoms with Crippen LogP contribution in [0, 0.1) is 0 Å². The lowest BCUT2D eigenvalue weighted by Crippen LogP contribution is -2.35. The second kappa shape index (κ2) is 6.42. The summed E-state index contributed by atoms with van der Waals surface area (Å²) in [5, 5.41) is 2.37. The zero-order valence-corrected chi connectivity index (χ0v) is 11.1. The molecule has 0 unspecified atom stereocenters. The van der Waals surface area contributed by atoms with Crippen LogP contribution in [-0.4, -0.2) is 43.4 Å². The average Bonchev–Trinajstić information content (AvgIpc) is 2.38. The molecule has 1 aromatic heterocycles. The van der Waals surface area contributed by atoms with Crippen LogP contribution in [0.4, 0.5) is 5.69 Å². The minimum absolute atomic E-state index is 0.487. The monoisotopic (exact) mass is 275 g/mol. The van der Waals surface area contributed by atoms with Crippen molar-refractivity contribution in [1.82, 2.24) is 10.0 Å². The van der Waals surface area contributed by atoms with Crippen LogP contribution in [0.15, 0.2) is 18.3 Å². The number of aromatic nitrogens is 1. The summed E-state index contributed by atoms with van der Waals surface area (Å²) < 4.78 is 12.7. The molecule has 5 nitrogen and oxygen atoms in total. The molecule has 0 saturated carbocycles. The molecular formula is C10H14ClN3O2S. The highest BCUT2D eigenvalue weighted by atomic mass is 35.5. The Morgan fingerprint density at radius 3 is 2.88 bits per heavy atom. The number of hydrogen-bond donors (Lipinski definition) is 0. The molecule has 1 saturated heterocycles. The summed E-state index contributed by atoms with van der Waals surface area (Å²) in [5.74, 6) is 0. The molecule has 0 bridgehead atoms. The van der Waals surface area contributed by atoms with E-state index in [9.17, 15) is 0 Å². The second-order valence-corrected chi connectivity index (χ2v) is 4.76. The van der Waals surface area contributed by atoms with Gasteiger partial charge in [-0.1, -0.05) is 11.6 Å². The summed E-state index contributed by atoms with van der Waals surface area (Å²) in [7, 11) is 1.91. The zero-order chi connectivity index (χ0) is 12.1. The van der Waals surface area contributed by atoms with Gasteiger partial charge in [-0.05, 0) is 12.1 Å². The number of hydroxylamine groups is 2. The third-order valence-electron chi connectivity index (χ3n) is 2.30. The van der Waals surface area contributed by atoms with Crippen molar-refractivity contribution >= 4 is 29.5 Å². The van der Waals surface area contributed by atoms with E-state index in [2.05, 4.69) is 4.98 Å². The van der Waals surface area contributed by atoms with Crippen molar-refractivity contribution in [2.24, 2.45) is 0 Å². The number of pyridine rings is 1. The van der Waals surface area contributed by atoms with E-state index in [-0.39, 0.29) is 0 Å². The molecule has 2 heterocycles. The fraction of sp³-hybridized carbons (Fsp3) is 0.500. The first-order valence-corrected chi connectivity index (χ1v) is 6.36. The smallest absolute Gasteiger partial charge is 0.135 e. The van der Waals surface area contributed by atoms with Crippen molar-refractivity contribution < 1.29 is 9.02 Å². The van der Waals surface area contributed by atoms with Crippen molar-refractivity contribution in [1.29, 1.82) is 0 Å². The SMILES string of the molecule is CN(SON1CCOCC1)c1ccc(Cl)nc1. The van der Waals surface area contributed by atoms with Crippen LogP contribution in [0.3, 0.4) is 0 Å². The van der Waals surface area contributed by atoms with E-state index in [1.54, 1.807) is 12.3 Å². The molecule has 7 heteroatoms. The predicted molar refractivity (Wildman–Crippen MR) is 68.7 cm³/mol. The number of rotatable bonds is 4. The van der Waals surface area contributed by atoms with Gasteiger partial charge in [-0.3, -0.25) is 4.31 Å². The number of nitrogens with zero attached hydrogens (tertiary/aromatic N) is 3. The van der Waals surface area contributed by atoms with E-state index in [0.717, 1.165) is 18.8 Å². The Hall–Kier alpha value is -0.530. The Kier molecular flexibility index (Phi) is 4.87. The fourth-order valence-corrected chi connectivity index (χ4v) is 1.96. The maximum Gasteiger partial charge on any atom is 0.135 e. The molecule has 0 aliphatic carbocycles. The summed E-state index contributed by atoms with van der Waals surface area (Å²) in [6, 6.07) is 3.65. The summed E-state index contributed by atoms with van der Waals surface area (Å²) in [4.78, 5) is 4.02. The highest BCUT2D eigenvalue weighted by molar-refractivity contribution is 7.96. The molecule has 0 spiro atoms. The van der Waals surface area contributed by atoms with Crippen molar-refractivity contribution in [3.05, 3.63) is 23.5 Å². The predicted octanol–water partition coefficient (Wildman–Crippen LogP) is 2.00. The van der Waals surface area contributed by atoms with E-state index in [0.29, 0.717) is 18.4 Å². The number of anilines is 1. The van der Waals surface area contributed by atoms with E-state index in [4.69, 9.17) is 20.6 Å². The normalized spacial score (nSPS) is 17.1. The van der Waals surface area contributed by atoms with Crippen LogP contribution >= 0.6 is 23.8 Å². The first kappa shape index (κ1) is 12.9. The van der Waals surface area contributed by atoms with Crippen LogP contribution in [-0.2, 0) is 9.02 Å². The first-order chi connectivity index (χ1) is 8.25. The molecule has 2 rings (SSSR count). The number of halogens is 1. The van der Waals surface area contributed by atoms with E-state index < -0.39 is 0 Å². The van der Waals surface area contributed by atoms with Crippen LogP contribution in [0.25, 0.3) is 0 Å². The third-order valence-corrected chi connectivity index (χ3v) is 3.23. The molecule has 0 amide bonds. The highest BCUT2D eigenvalue weighted by Crippen LogP contribution is 2.22. The van der Waals surface area contributed by atoms with Crippen LogP contribution in [0.1, 0.15) is 0 Å². The fourth-order valence-electron chi connectivity index (χ4n) is 1.32. The maximum atomic E-state index is 5.73. The molecular weight excluding hydrogens is 262 g/mol. The molecule has 1 aromatic rings. The standard InChI is InChI=1S/C10H14ClN3O2S/c1-13(9-2-3-10(11)12-8-9)17-16-14-4-6-15-7-5-14/h2-3,8H,4-7H2,1H3. The Bertz CT molecular complexity index is 346. The molecule has 94 valence electrons. The minimum atomic E-state index is 0.487.